The molecule has 1 aromatic heterocycles. The van der Waals surface area contributed by atoms with E-state index >= 15 is 0 Å². The van der Waals surface area contributed by atoms with Crippen LogP contribution >= 0.6 is 11.8 Å². The zero-order valence-electron chi connectivity index (χ0n) is 15.7. The number of nitrogens with one attached hydrogen (secondary N) is 1. The first-order valence-electron chi connectivity index (χ1n) is 8.99. The lowest BCUT2D eigenvalue weighted by atomic mass is 10.1. The van der Waals surface area contributed by atoms with Gasteiger partial charge in [0, 0.05) is 18.4 Å². The van der Waals surface area contributed by atoms with Gasteiger partial charge in [-0.05, 0) is 36.2 Å². The number of esters is 1. The monoisotopic (exact) mass is 402 g/mol. The molecule has 0 aliphatic carbocycles. The summed E-state index contributed by atoms with van der Waals surface area (Å²) in [5.74, 6) is -0.310. The van der Waals surface area contributed by atoms with Crippen LogP contribution in [0.4, 0.5) is 5.69 Å². The van der Waals surface area contributed by atoms with E-state index in [0.717, 1.165) is 6.42 Å². The largest absolute Gasteiger partial charge is 0.466 e. The third-order valence-electron chi connectivity index (χ3n) is 4.41. The van der Waals surface area contributed by atoms with Crippen LogP contribution in [0.1, 0.15) is 30.5 Å². The molecule has 0 bridgehead atoms. The summed E-state index contributed by atoms with van der Waals surface area (Å²) in [7, 11) is 0. The molecule has 8 heteroatoms. The SMILES string of the molecule is CCc1ccc(NC(=O)COC(=O)[C@H]2CS[C@H](c3ccco3)N2C(C)=O)cc1. The number of aryl methyl sites for hydroxylation is 1. The molecule has 1 aromatic carbocycles. The maximum atomic E-state index is 12.5. The Balaban J connectivity index is 1.56. The number of amides is 2. The summed E-state index contributed by atoms with van der Waals surface area (Å²) >= 11 is 1.42. The first-order chi connectivity index (χ1) is 13.5. The van der Waals surface area contributed by atoms with Gasteiger partial charge in [0.1, 0.15) is 17.2 Å². The predicted octanol–water partition coefficient (Wildman–Crippen LogP) is 2.99. The summed E-state index contributed by atoms with van der Waals surface area (Å²) in [5, 5.41) is 2.31. The van der Waals surface area contributed by atoms with E-state index in [9.17, 15) is 14.4 Å². The van der Waals surface area contributed by atoms with Gasteiger partial charge in [-0.25, -0.2) is 4.79 Å². The highest BCUT2D eigenvalue weighted by Gasteiger charge is 2.43. The van der Waals surface area contributed by atoms with E-state index in [0.29, 0.717) is 17.2 Å². The van der Waals surface area contributed by atoms with E-state index in [-0.39, 0.29) is 11.3 Å². The third kappa shape index (κ3) is 4.56. The lowest BCUT2D eigenvalue weighted by molar-refractivity contribution is -0.155. The number of hydrogen-bond acceptors (Lipinski definition) is 6. The van der Waals surface area contributed by atoms with Crippen LogP contribution in [0.25, 0.3) is 0 Å². The summed E-state index contributed by atoms with van der Waals surface area (Å²) in [6.07, 6.45) is 2.44. The fourth-order valence-electron chi connectivity index (χ4n) is 2.98. The second kappa shape index (κ2) is 8.97. The lowest BCUT2D eigenvalue weighted by Crippen LogP contribution is -2.43. The van der Waals surface area contributed by atoms with Crippen LogP contribution in [0.2, 0.25) is 0 Å². The molecule has 1 fully saturated rings. The van der Waals surface area contributed by atoms with Gasteiger partial charge < -0.3 is 19.4 Å². The molecule has 2 aromatic rings. The molecule has 0 unspecified atom stereocenters. The molecule has 1 aliphatic rings. The maximum Gasteiger partial charge on any atom is 0.330 e. The molecule has 28 heavy (non-hydrogen) atoms. The number of carbonyl (C=O) groups is 3. The minimum atomic E-state index is -0.755. The Labute approximate surface area is 167 Å². The number of hydrogen-bond donors (Lipinski definition) is 1. The van der Waals surface area contributed by atoms with Gasteiger partial charge in [-0.3, -0.25) is 9.59 Å². The Bertz CT molecular complexity index is 835. The second-order valence-electron chi connectivity index (χ2n) is 6.35. The molecule has 3 rings (SSSR count). The molecule has 0 spiro atoms. The minimum Gasteiger partial charge on any atom is -0.466 e. The summed E-state index contributed by atoms with van der Waals surface area (Å²) in [6.45, 7) is 3.04. The Morgan fingerprint density at radius 1 is 1.25 bits per heavy atom. The summed E-state index contributed by atoms with van der Waals surface area (Å²) in [5.41, 5.74) is 1.80. The number of ether oxygens (including phenoxy) is 1. The van der Waals surface area contributed by atoms with Crippen molar-refractivity contribution in [3.63, 3.8) is 0 Å². The van der Waals surface area contributed by atoms with Crippen molar-refractivity contribution in [2.45, 2.75) is 31.7 Å². The van der Waals surface area contributed by atoms with Gasteiger partial charge >= 0.3 is 5.97 Å². The van der Waals surface area contributed by atoms with Crippen LogP contribution < -0.4 is 5.32 Å². The number of nitrogens with zero attached hydrogens (tertiary/aromatic N) is 1. The van der Waals surface area contributed by atoms with Crippen LogP contribution in [0.5, 0.6) is 0 Å². The molecule has 1 N–H and O–H groups in total. The van der Waals surface area contributed by atoms with Gasteiger partial charge in [-0.1, -0.05) is 19.1 Å². The van der Waals surface area contributed by atoms with Gasteiger partial charge in [0.2, 0.25) is 5.91 Å². The quantitative estimate of drug-likeness (QED) is 0.748. The fraction of sp³-hybridized carbons (Fsp3) is 0.350. The van der Waals surface area contributed by atoms with Crippen molar-refractivity contribution < 1.29 is 23.5 Å². The number of benzene rings is 1. The second-order valence-corrected chi connectivity index (χ2v) is 7.46. The number of thioether (sulfide) groups is 1. The molecule has 1 aliphatic heterocycles. The van der Waals surface area contributed by atoms with Gasteiger partial charge in [0.15, 0.2) is 6.61 Å². The highest BCUT2D eigenvalue weighted by Crippen LogP contribution is 2.41. The lowest BCUT2D eigenvalue weighted by Gasteiger charge is -2.25. The predicted molar refractivity (Wildman–Crippen MR) is 106 cm³/mol. The molecule has 2 heterocycles. The van der Waals surface area contributed by atoms with Crippen molar-refractivity contribution in [3.05, 3.63) is 54.0 Å². The molecule has 148 valence electrons. The van der Waals surface area contributed by atoms with Crippen molar-refractivity contribution in [1.29, 1.82) is 0 Å². The molecule has 2 atom stereocenters. The smallest absolute Gasteiger partial charge is 0.330 e. The fourth-order valence-corrected chi connectivity index (χ4v) is 4.39. The maximum absolute atomic E-state index is 12.5. The molecule has 0 saturated carbocycles. The van der Waals surface area contributed by atoms with Crippen molar-refractivity contribution >= 4 is 35.2 Å². The van der Waals surface area contributed by atoms with Gasteiger partial charge in [0.25, 0.3) is 5.91 Å². The molecular weight excluding hydrogens is 380 g/mol. The number of rotatable bonds is 6. The van der Waals surface area contributed by atoms with Crippen LogP contribution in [0.15, 0.2) is 47.1 Å². The normalized spacial score (nSPS) is 18.7. The molecule has 0 radical (unpaired) electrons. The van der Waals surface area contributed by atoms with E-state index in [4.69, 9.17) is 9.15 Å². The van der Waals surface area contributed by atoms with E-state index in [1.807, 2.05) is 12.1 Å². The Hall–Kier alpha value is -2.74. The first-order valence-corrected chi connectivity index (χ1v) is 10.0. The molecule has 1 saturated heterocycles. The average molecular weight is 402 g/mol. The van der Waals surface area contributed by atoms with Crippen LogP contribution in [-0.2, 0) is 25.5 Å². The highest BCUT2D eigenvalue weighted by molar-refractivity contribution is 7.99. The van der Waals surface area contributed by atoms with Gasteiger partial charge in [0.05, 0.1) is 6.26 Å². The zero-order valence-corrected chi connectivity index (χ0v) is 16.5. The first kappa shape index (κ1) is 20.0. The zero-order chi connectivity index (χ0) is 20.1. The average Bonchev–Trinajstić information content (AvgIpc) is 3.36. The molecular formula is C20H22N2O5S. The van der Waals surface area contributed by atoms with E-state index in [1.165, 1.54) is 35.4 Å². The van der Waals surface area contributed by atoms with E-state index < -0.39 is 24.5 Å². The molecule has 2 amide bonds. The summed E-state index contributed by atoms with van der Waals surface area (Å²) in [6, 6.07) is 10.2. The van der Waals surface area contributed by atoms with Gasteiger partial charge in [-0.15, -0.1) is 11.8 Å². The van der Waals surface area contributed by atoms with Crippen molar-refractivity contribution in [2.75, 3.05) is 17.7 Å². The number of anilines is 1. The number of carbonyl (C=O) groups excluding carboxylic acids is 3. The standard InChI is InChI=1S/C20H22N2O5S/c1-3-14-6-8-15(9-7-14)21-18(24)11-27-20(25)16-12-28-19(22(16)13(2)23)17-5-4-10-26-17/h4-10,16,19H,3,11-12H2,1-2H3,(H,21,24)/t16-,19-/m1/s1. The van der Waals surface area contributed by atoms with Crippen LogP contribution in [0, 0.1) is 0 Å². The van der Waals surface area contributed by atoms with Crippen molar-refractivity contribution in [3.8, 4) is 0 Å². The summed E-state index contributed by atoms with van der Waals surface area (Å²) < 4.78 is 10.5. The van der Waals surface area contributed by atoms with Gasteiger partial charge in [-0.2, -0.15) is 0 Å². The highest BCUT2D eigenvalue weighted by atomic mass is 32.2. The Morgan fingerprint density at radius 3 is 2.61 bits per heavy atom. The van der Waals surface area contributed by atoms with Crippen molar-refractivity contribution in [1.82, 2.24) is 4.90 Å². The van der Waals surface area contributed by atoms with Crippen LogP contribution in [0.3, 0.4) is 0 Å². The third-order valence-corrected chi connectivity index (χ3v) is 5.70. The van der Waals surface area contributed by atoms with Crippen LogP contribution in [-0.4, -0.2) is 41.1 Å². The van der Waals surface area contributed by atoms with E-state index in [2.05, 4.69) is 12.2 Å². The topological polar surface area (TPSA) is 88.8 Å². The summed E-state index contributed by atoms with van der Waals surface area (Å²) in [4.78, 5) is 38.1. The van der Waals surface area contributed by atoms with E-state index in [1.54, 1.807) is 24.3 Å². The Kier molecular flexibility index (Phi) is 6.41. The van der Waals surface area contributed by atoms with Crippen molar-refractivity contribution in [2.24, 2.45) is 0 Å². The Morgan fingerprint density at radius 2 is 2.00 bits per heavy atom. The minimum absolute atomic E-state index is 0.256. The number of furan rings is 1. The molecule has 7 nitrogen and oxygen atoms in total.